The molecule has 3 aromatic rings. The van der Waals surface area contributed by atoms with Gasteiger partial charge in [-0.2, -0.15) is 13.2 Å². The third kappa shape index (κ3) is 4.27. The lowest BCUT2D eigenvalue weighted by Gasteiger charge is -2.29. The Labute approximate surface area is 204 Å². The predicted molar refractivity (Wildman–Crippen MR) is 133 cm³/mol. The van der Waals surface area contributed by atoms with Crippen molar-refractivity contribution < 1.29 is 22.8 Å². The van der Waals surface area contributed by atoms with Gasteiger partial charge in [0.2, 0.25) is 0 Å². The number of halogens is 3. The van der Waals surface area contributed by atoms with Crippen molar-refractivity contribution in [1.82, 2.24) is 5.32 Å². The fourth-order valence-electron chi connectivity index (χ4n) is 4.53. The van der Waals surface area contributed by atoms with Gasteiger partial charge in [0.05, 0.1) is 11.3 Å². The Morgan fingerprint density at radius 1 is 0.914 bits per heavy atom. The molecule has 3 aromatic carbocycles. The van der Waals surface area contributed by atoms with Crippen LogP contribution in [0.5, 0.6) is 0 Å². The van der Waals surface area contributed by atoms with E-state index < -0.39 is 23.6 Å². The van der Waals surface area contributed by atoms with Crippen molar-refractivity contribution in [3.05, 3.63) is 77.4 Å². The van der Waals surface area contributed by atoms with Crippen LogP contribution in [0.15, 0.2) is 66.2 Å². The van der Waals surface area contributed by atoms with Gasteiger partial charge in [-0.15, -0.1) is 0 Å². The highest BCUT2D eigenvalue weighted by atomic mass is 32.1. The zero-order valence-electron chi connectivity index (χ0n) is 18.4. The lowest BCUT2D eigenvalue weighted by molar-refractivity contribution is -0.137. The van der Waals surface area contributed by atoms with Crippen molar-refractivity contribution in [3.63, 3.8) is 0 Å². The minimum atomic E-state index is -4.59. The first-order valence-electron chi connectivity index (χ1n) is 11.1. The van der Waals surface area contributed by atoms with Crippen molar-refractivity contribution in [3.8, 4) is 0 Å². The van der Waals surface area contributed by atoms with Gasteiger partial charge in [0.15, 0.2) is 5.11 Å². The molecule has 35 heavy (non-hydrogen) atoms. The second kappa shape index (κ2) is 8.81. The predicted octanol–water partition coefficient (Wildman–Crippen LogP) is 5.29. The zero-order valence-corrected chi connectivity index (χ0v) is 19.2. The van der Waals surface area contributed by atoms with Gasteiger partial charge < -0.3 is 4.90 Å². The number of carbonyl (C=O) groups is 2. The Morgan fingerprint density at radius 3 is 2.34 bits per heavy atom. The van der Waals surface area contributed by atoms with Crippen molar-refractivity contribution in [2.75, 3.05) is 22.9 Å². The standard InChI is InChI=1S/C26H20F3N3O2S/c27-26(28,29)17-6-5-7-18(15-17)32-24(34)21(23(33)30-25(32)35)14-16-10-11-22(31-12-3-4-13-31)20-9-2-1-8-19(16)20/h1-2,5-11,14-15H,3-4,12-13H2,(H,30,33,35)/b21-14+. The summed E-state index contributed by atoms with van der Waals surface area (Å²) in [5.41, 5.74) is 0.534. The summed E-state index contributed by atoms with van der Waals surface area (Å²) >= 11 is 5.13. The maximum absolute atomic E-state index is 13.3. The molecule has 5 rings (SSSR count). The Kier molecular flexibility index (Phi) is 5.80. The van der Waals surface area contributed by atoms with Gasteiger partial charge in [-0.25, -0.2) is 0 Å². The first kappa shape index (κ1) is 23.0. The molecule has 2 amide bonds. The van der Waals surface area contributed by atoms with Gasteiger partial charge in [-0.05, 0) is 66.4 Å². The van der Waals surface area contributed by atoms with Crippen molar-refractivity contribution in [2.24, 2.45) is 0 Å². The van der Waals surface area contributed by atoms with Crippen LogP contribution in [0.3, 0.4) is 0 Å². The molecule has 0 unspecified atom stereocenters. The second-order valence-corrected chi connectivity index (χ2v) is 8.81. The second-order valence-electron chi connectivity index (χ2n) is 8.42. The van der Waals surface area contributed by atoms with E-state index in [1.807, 2.05) is 36.4 Å². The van der Waals surface area contributed by atoms with Crippen LogP contribution >= 0.6 is 12.2 Å². The van der Waals surface area contributed by atoms with Crippen LogP contribution in [0, 0.1) is 0 Å². The molecule has 0 saturated carbocycles. The molecule has 0 aromatic heterocycles. The summed E-state index contributed by atoms with van der Waals surface area (Å²) in [6.07, 6.45) is -0.870. The van der Waals surface area contributed by atoms with E-state index in [0.717, 1.165) is 59.4 Å². The normalized spacial score (nSPS) is 18.0. The average Bonchev–Trinajstić information content (AvgIpc) is 3.36. The number of anilines is 2. The zero-order chi connectivity index (χ0) is 24.7. The number of alkyl halides is 3. The van der Waals surface area contributed by atoms with E-state index in [4.69, 9.17) is 12.2 Å². The molecule has 178 valence electrons. The van der Waals surface area contributed by atoms with E-state index in [-0.39, 0.29) is 16.4 Å². The van der Waals surface area contributed by atoms with Gasteiger partial charge >= 0.3 is 6.18 Å². The van der Waals surface area contributed by atoms with Crippen molar-refractivity contribution in [1.29, 1.82) is 0 Å². The van der Waals surface area contributed by atoms with E-state index >= 15 is 0 Å². The molecule has 0 spiro atoms. The molecule has 2 aliphatic rings. The Balaban J connectivity index is 1.57. The Bertz CT molecular complexity index is 1390. The van der Waals surface area contributed by atoms with E-state index in [0.29, 0.717) is 5.56 Å². The minimum Gasteiger partial charge on any atom is -0.371 e. The van der Waals surface area contributed by atoms with Crippen LogP contribution in [0.4, 0.5) is 24.5 Å². The average molecular weight is 496 g/mol. The maximum atomic E-state index is 13.3. The van der Waals surface area contributed by atoms with Crippen molar-refractivity contribution in [2.45, 2.75) is 19.0 Å². The molecule has 0 radical (unpaired) electrons. The molecular formula is C26H20F3N3O2S. The number of fused-ring (bicyclic) bond motifs is 1. The summed E-state index contributed by atoms with van der Waals surface area (Å²) in [4.78, 5) is 29.3. The highest BCUT2D eigenvalue weighted by Crippen LogP contribution is 2.35. The smallest absolute Gasteiger partial charge is 0.371 e. The number of rotatable bonds is 3. The monoisotopic (exact) mass is 495 g/mol. The molecule has 9 heteroatoms. The molecule has 2 heterocycles. The SMILES string of the molecule is O=C1NC(=S)N(c2cccc(C(F)(F)F)c2)C(=O)/C1=C/c1ccc(N2CCCC2)c2ccccc12. The third-order valence-electron chi connectivity index (χ3n) is 6.21. The highest BCUT2D eigenvalue weighted by molar-refractivity contribution is 7.80. The van der Waals surface area contributed by atoms with Gasteiger partial charge in [0, 0.05) is 24.2 Å². The summed E-state index contributed by atoms with van der Waals surface area (Å²) < 4.78 is 39.7. The van der Waals surface area contributed by atoms with E-state index in [9.17, 15) is 22.8 Å². The number of benzene rings is 3. The van der Waals surface area contributed by atoms with Crippen LogP contribution < -0.4 is 15.1 Å². The number of hydrogen-bond acceptors (Lipinski definition) is 4. The van der Waals surface area contributed by atoms with Gasteiger partial charge in [0.1, 0.15) is 5.57 Å². The van der Waals surface area contributed by atoms with Crippen LogP contribution in [-0.2, 0) is 15.8 Å². The van der Waals surface area contributed by atoms with E-state index in [1.165, 1.54) is 18.2 Å². The molecule has 0 bridgehead atoms. The molecule has 0 atom stereocenters. The quantitative estimate of drug-likeness (QED) is 0.305. The first-order chi connectivity index (χ1) is 16.7. The Morgan fingerprint density at radius 2 is 1.63 bits per heavy atom. The summed E-state index contributed by atoms with van der Waals surface area (Å²) in [6, 6.07) is 15.8. The molecule has 2 aliphatic heterocycles. The lowest BCUT2D eigenvalue weighted by Crippen LogP contribution is -2.54. The number of amides is 2. The molecule has 0 aliphatic carbocycles. The van der Waals surface area contributed by atoms with Crippen LogP contribution in [0.25, 0.3) is 16.8 Å². The molecular weight excluding hydrogens is 475 g/mol. The first-order valence-corrected chi connectivity index (χ1v) is 11.5. The molecule has 2 fully saturated rings. The largest absolute Gasteiger partial charge is 0.416 e. The van der Waals surface area contributed by atoms with Crippen molar-refractivity contribution >= 4 is 57.4 Å². The highest BCUT2D eigenvalue weighted by Gasteiger charge is 2.36. The van der Waals surface area contributed by atoms with Gasteiger partial charge in [-0.3, -0.25) is 19.8 Å². The molecule has 5 nitrogen and oxygen atoms in total. The van der Waals surface area contributed by atoms with Gasteiger partial charge in [-0.1, -0.05) is 36.4 Å². The number of thiocarbonyl (C=S) groups is 1. The minimum absolute atomic E-state index is 0.0741. The number of hydrogen-bond donors (Lipinski definition) is 1. The molecule has 1 N–H and O–H groups in total. The number of nitrogens with zero attached hydrogens (tertiary/aromatic N) is 2. The van der Waals surface area contributed by atoms with Gasteiger partial charge in [0.25, 0.3) is 11.8 Å². The fraction of sp³-hybridized carbons (Fsp3) is 0.192. The lowest BCUT2D eigenvalue weighted by atomic mass is 9.99. The van der Waals surface area contributed by atoms with E-state index in [2.05, 4.69) is 10.2 Å². The number of nitrogens with one attached hydrogen (secondary N) is 1. The third-order valence-corrected chi connectivity index (χ3v) is 6.50. The molecule has 2 saturated heterocycles. The maximum Gasteiger partial charge on any atom is 0.416 e. The Hall–Kier alpha value is -3.72. The van der Waals surface area contributed by atoms with Crippen LogP contribution in [0.2, 0.25) is 0 Å². The summed E-state index contributed by atoms with van der Waals surface area (Å²) in [5.74, 6) is -1.48. The number of carbonyl (C=O) groups excluding carboxylic acids is 2. The van der Waals surface area contributed by atoms with Crippen LogP contribution in [0.1, 0.15) is 24.0 Å². The summed E-state index contributed by atoms with van der Waals surface area (Å²) in [5, 5.41) is 4.02. The summed E-state index contributed by atoms with van der Waals surface area (Å²) in [6.45, 7) is 1.93. The fourth-order valence-corrected chi connectivity index (χ4v) is 4.82. The van der Waals surface area contributed by atoms with Crippen LogP contribution in [-0.4, -0.2) is 30.0 Å². The topological polar surface area (TPSA) is 52.7 Å². The van der Waals surface area contributed by atoms with E-state index in [1.54, 1.807) is 0 Å². The summed E-state index contributed by atoms with van der Waals surface area (Å²) in [7, 11) is 0.